The molecule has 0 saturated heterocycles. The highest BCUT2D eigenvalue weighted by Crippen LogP contribution is 2.25. The van der Waals surface area contributed by atoms with Crippen LogP contribution in [0.25, 0.3) is 0 Å². The fourth-order valence-electron chi connectivity index (χ4n) is 1.65. The summed E-state index contributed by atoms with van der Waals surface area (Å²) in [5.74, 6) is -7.39. The Bertz CT molecular complexity index is 613. The van der Waals surface area contributed by atoms with Crippen molar-refractivity contribution in [2.75, 3.05) is 5.32 Å². The summed E-state index contributed by atoms with van der Waals surface area (Å²) in [5, 5.41) is 11.3. The Hall–Kier alpha value is -2.31. The molecule has 7 heteroatoms. The molecule has 0 aliphatic heterocycles. The smallest absolute Gasteiger partial charge is 0.185 e. The molecule has 0 heterocycles. The first-order valence-electron chi connectivity index (χ1n) is 5.44. The largest absolute Gasteiger partial charge is 0.508 e. The van der Waals surface area contributed by atoms with E-state index < -0.39 is 34.8 Å². The van der Waals surface area contributed by atoms with Gasteiger partial charge >= 0.3 is 0 Å². The number of hydrogen-bond acceptors (Lipinski definition) is 2. The Morgan fingerprint density at radius 2 is 1.45 bits per heavy atom. The van der Waals surface area contributed by atoms with Crippen LogP contribution in [0.4, 0.5) is 27.6 Å². The molecule has 0 bridgehead atoms. The Balaban J connectivity index is 2.27. The second-order valence-corrected chi connectivity index (χ2v) is 4.01. The van der Waals surface area contributed by atoms with Crippen LogP contribution in [0.1, 0.15) is 5.56 Å². The lowest BCUT2D eigenvalue weighted by Gasteiger charge is -2.10. The van der Waals surface area contributed by atoms with E-state index in [4.69, 9.17) is 5.11 Å². The van der Waals surface area contributed by atoms with Gasteiger partial charge < -0.3 is 10.4 Å². The molecule has 0 aliphatic rings. The average Bonchev–Trinajstić information content (AvgIpc) is 2.35. The molecular weight excluding hydrogens is 281 g/mol. The van der Waals surface area contributed by atoms with Crippen LogP contribution >= 0.6 is 0 Å². The molecule has 106 valence electrons. The molecule has 20 heavy (non-hydrogen) atoms. The standard InChI is InChI=1S/C13H8F5NO/c14-7-1-6(2-8(20)3-7)5-19-13-11(17)9(15)4-10(16)12(13)18/h1-4,19-20H,5H2. The lowest BCUT2D eigenvalue weighted by Crippen LogP contribution is -2.07. The summed E-state index contributed by atoms with van der Waals surface area (Å²) in [6, 6.07) is 3.07. The number of rotatable bonds is 3. The molecule has 0 saturated carbocycles. The molecule has 0 radical (unpaired) electrons. The predicted octanol–water partition coefficient (Wildman–Crippen LogP) is 3.70. The fourth-order valence-corrected chi connectivity index (χ4v) is 1.65. The summed E-state index contributed by atoms with van der Waals surface area (Å²) < 4.78 is 65.6. The quantitative estimate of drug-likeness (QED) is 0.667. The van der Waals surface area contributed by atoms with Gasteiger partial charge in [0, 0.05) is 18.7 Å². The molecule has 0 unspecified atom stereocenters. The highest BCUT2D eigenvalue weighted by atomic mass is 19.2. The van der Waals surface area contributed by atoms with Gasteiger partial charge in [0.05, 0.1) is 0 Å². The van der Waals surface area contributed by atoms with Gasteiger partial charge in [0.15, 0.2) is 23.3 Å². The number of hydrogen-bond donors (Lipinski definition) is 2. The fraction of sp³-hybridized carbons (Fsp3) is 0.0769. The number of benzene rings is 2. The first kappa shape index (κ1) is 14.1. The number of halogens is 5. The molecule has 2 aromatic rings. The minimum absolute atomic E-state index is 0.0872. The maximum Gasteiger partial charge on any atom is 0.185 e. The monoisotopic (exact) mass is 289 g/mol. The maximum atomic E-state index is 13.3. The zero-order valence-corrected chi connectivity index (χ0v) is 9.85. The summed E-state index contributed by atoms with van der Waals surface area (Å²) in [6.07, 6.45) is 0. The van der Waals surface area contributed by atoms with Gasteiger partial charge in [-0.3, -0.25) is 0 Å². The van der Waals surface area contributed by atoms with Crippen LogP contribution in [0.15, 0.2) is 24.3 Å². The van der Waals surface area contributed by atoms with E-state index in [-0.39, 0.29) is 23.9 Å². The number of phenols is 1. The third-order valence-electron chi connectivity index (χ3n) is 2.52. The van der Waals surface area contributed by atoms with Crippen molar-refractivity contribution >= 4 is 5.69 Å². The van der Waals surface area contributed by atoms with Gasteiger partial charge in [0.25, 0.3) is 0 Å². The molecule has 0 aliphatic carbocycles. The first-order chi connectivity index (χ1) is 9.38. The number of anilines is 1. The van der Waals surface area contributed by atoms with Crippen LogP contribution in [-0.4, -0.2) is 5.11 Å². The van der Waals surface area contributed by atoms with Crippen LogP contribution in [0, 0.1) is 29.1 Å². The van der Waals surface area contributed by atoms with Gasteiger partial charge in [0.2, 0.25) is 0 Å². The summed E-state index contributed by atoms with van der Waals surface area (Å²) in [5.41, 5.74) is -0.850. The highest BCUT2D eigenvalue weighted by Gasteiger charge is 2.18. The molecule has 0 fully saturated rings. The van der Waals surface area contributed by atoms with Crippen LogP contribution < -0.4 is 5.32 Å². The number of phenolic OH excluding ortho intramolecular Hbond substituents is 1. The lowest BCUT2D eigenvalue weighted by atomic mass is 10.2. The van der Waals surface area contributed by atoms with E-state index in [1.165, 1.54) is 0 Å². The minimum Gasteiger partial charge on any atom is -0.508 e. The summed E-state index contributed by atoms with van der Waals surface area (Å²) in [7, 11) is 0. The second-order valence-electron chi connectivity index (χ2n) is 4.01. The van der Waals surface area contributed by atoms with Crippen LogP contribution in [0.3, 0.4) is 0 Å². The third-order valence-corrected chi connectivity index (χ3v) is 2.52. The molecule has 2 N–H and O–H groups in total. The molecule has 2 nitrogen and oxygen atoms in total. The van der Waals surface area contributed by atoms with Crippen molar-refractivity contribution in [1.29, 1.82) is 0 Å². The van der Waals surface area contributed by atoms with E-state index in [0.717, 1.165) is 18.2 Å². The molecule has 0 atom stereocenters. The SMILES string of the molecule is Oc1cc(F)cc(CNc2c(F)c(F)cc(F)c2F)c1. The molecule has 0 spiro atoms. The third kappa shape index (κ3) is 2.81. The minimum atomic E-state index is -1.58. The number of nitrogens with one attached hydrogen (secondary N) is 1. The summed E-state index contributed by atoms with van der Waals surface area (Å²) >= 11 is 0. The molecular formula is C13H8F5NO. The van der Waals surface area contributed by atoms with Crippen molar-refractivity contribution in [3.63, 3.8) is 0 Å². The van der Waals surface area contributed by atoms with E-state index in [2.05, 4.69) is 5.32 Å². The zero-order valence-electron chi connectivity index (χ0n) is 9.85. The van der Waals surface area contributed by atoms with Crippen LogP contribution in [0.2, 0.25) is 0 Å². The van der Waals surface area contributed by atoms with Gasteiger partial charge in [-0.2, -0.15) is 0 Å². The molecule has 2 rings (SSSR count). The van der Waals surface area contributed by atoms with Crippen molar-refractivity contribution in [2.24, 2.45) is 0 Å². The molecule has 2 aromatic carbocycles. The van der Waals surface area contributed by atoms with Crippen molar-refractivity contribution in [3.8, 4) is 5.75 Å². The van der Waals surface area contributed by atoms with E-state index in [1.807, 2.05) is 0 Å². The van der Waals surface area contributed by atoms with Gasteiger partial charge in [-0.25, -0.2) is 22.0 Å². The second kappa shape index (κ2) is 5.36. The van der Waals surface area contributed by atoms with Gasteiger partial charge in [-0.05, 0) is 17.7 Å². The van der Waals surface area contributed by atoms with Gasteiger partial charge in [-0.15, -0.1) is 0 Å². The normalized spacial score (nSPS) is 10.7. The topological polar surface area (TPSA) is 32.3 Å². The Kier molecular flexibility index (Phi) is 3.78. The first-order valence-corrected chi connectivity index (χ1v) is 5.44. The Morgan fingerprint density at radius 3 is 2.00 bits per heavy atom. The van der Waals surface area contributed by atoms with E-state index in [9.17, 15) is 22.0 Å². The van der Waals surface area contributed by atoms with Crippen molar-refractivity contribution in [1.82, 2.24) is 0 Å². The van der Waals surface area contributed by atoms with E-state index >= 15 is 0 Å². The Labute approximate surface area is 110 Å². The average molecular weight is 289 g/mol. The van der Waals surface area contributed by atoms with E-state index in [0.29, 0.717) is 0 Å². The highest BCUT2D eigenvalue weighted by molar-refractivity contribution is 5.48. The van der Waals surface area contributed by atoms with Gasteiger partial charge in [-0.1, -0.05) is 0 Å². The van der Waals surface area contributed by atoms with Crippen molar-refractivity contribution < 1.29 is 27.1 Å². The maximum absolute atomic E-state index is 13.3. The van der Waals surface area contributed by atoms with Crippen molar-refractivity contribution in [2.45, 2.75) is 6.54 Å². The Morgan fingerprint density at radius 1 is 0.850 bits per heavy atom. The predicted molar refractivity (Wildman–Crippen MR) is 61.7 cm³/mol. The van der Waals surface area contributed by atoms with Gasteiger partial charge in [0.1, 0.15) is 17.3 Å². The van der Waals surface area contributed by atoms with Crippen LogP contribution in [-0.2, 0) is 6.54 Å². The zero-order chi connectivity index (χ0) is 14.9. The number of aromatic hydroxyl groups is 1. The van der Waals surface area contributed by atoms with Crippen LogP contribution in [0.5, 0.6) is 5.75 Å². The summed E-state index contributed by atoms with van der Waals surface area (Å²) in [4.78, 5) is 0. The molecule has 0 amide bonds. The van der Waals surface area contributed by atoms with E-state index in [1.54, 1.807) is 0 Å². The lowest BCUT2D eigenvalue weighted by molar-refractivity contribution is 0.458. The summed E-state index contributed by atoms with van der Waals surface area (Å²) in [6.45, 7) is -0.331. The molecule has 0 aromatic heterocycles. The van der Waals surface area contributed by atoms with Crippen molar-refractivity contribution in [3.05, 3.63) is 58.9 Å².